The van der Waals surface area contributed by atoms with E-state index in [1.807, 2.05) is 36.4 Å². The van der Waals surface area contributed by atoms with Crippen LogP contribution in [0.2, 0.25) is 0 Å². The summed E-state index contributed by atoms with van der Waals surface area (Å²) < 4.78 is 0. The Morgan fingerprint density at radius 2 is 1.38 bits per heavy atom. The molecule has 0 N–H and O–H groups in total. The molecule has 0 spiro atoms. The fourth-order valence-electron chi connectivity index (χ4n) is 3.59. The second-order valence-corrected chi connectivity index (χ2v) is 6.20. The molecule has 0 unspecified atom stereocenters. The number of ketones is 1. The van der Waals surface area contributed by atoms with E-state index in [1.165, 1.54) is 24.8 Å². The van der Waals surface area contributed by atoms with Gasteiger partial charge in [-0.1, -0.05) is 79.9 Å². The highest BCUT2D eigenvalue weighted by molar-refractivity contribution is 6.00. The molecule has 0 aliphatic heterocycles. The van der Waals surface area contributed by atoms with Gasteiger partial charge < -0.3 is 0 Å². The summed E-state index contributed by atoms with van der Waals surface area (Å²) in [4.78, 5) is 13.1. The molecular formula is C20H22O. The zero-order valence-corrected chi connectivity index (χ0v) is 12.4. The maximum absolute atomic E-state index is 13.1. The van der Waals surface area contributed by atoms with Crippen LogP contribution in [0.4, 0.5) is 0 Å². The molecule has 1 heteroatoms. The number of benzene rings is 2. The van der Waals surface area contributed by atoms with Gasteiger partial charge in [0.05, 0.1) is 0 Å². The Morgan fingerprint density at radius 1 is 0.810 bits per heavy atom. The van der Waals surface area contributed by atoms with Crippen LogP contribution < -0.4 is 0 Å². The smallest absolute Gasteiger partial charge is 0.169 e. The summed E-state index contributed by atoms with van der Waals surface area (Å²) in [6, 6.07) is 20.3. The maximum atomic E-state index is 13.1. The van der Waals surface area contributed by atoms with Crippen molar-refractivity contribution in [1.29, 1.82) is 0 Å². The summed E-state index contributed by atoms with van der Waals surface area (Å²) in [6.45, 7) is 0. The number of rotatable bonds is 4. The molecule has 3 rings (SSSR count). The molecule has 1 saturated carbocycles. The van der Waals surface area contributed by atoms with E-state index >= 15 is 0 Å². The van der Waals surface area contributed by atoms with Gasteiger partial charge in [-0.25, -0.2) is 0 Å². The molecule has 21 heavy (non-hydrogen) atoms. The first-order valence-electron chi connectivity index (χ1n) is 7.94. The number of hydrogen-bond donors (Lipinski definition) is 0. The van der Waals surface area contributed by atoms with E-state index in [0.29, 0.717) is 5.78 Å². The number of hydrogen-bond acceptors (Lipinski definition) is 1. The first-order valence-corrected chi connectivity index (χ1v) is 7.94. The average Bonchev–Trinajstić information content (AvgIpc) is 2.57. The maximum Gasteiger partial charge on any atom is 0.169 e. The summed E-state index contributed by atoms with van der Waals surface area (Å²) >= 11 is 0. The lowest BCUT2D eigenvalue weighted by atomic mass is 9.66. The molecule has 0 atom stereocenters. The van der Waals surface area contributed by atoms with E-state index < -0.39 is 0 Å². The number of carbonyl (C=O) groups excluding carboxylic acids is 1. The minimum atomic E-state index is -0.193. The van der Waals surface area contributed by atoms with Crippen molar-refractivity contribution < 1.29 is 4.79 Å². The Hall–Kier alpha value is -1.89. The molecule has 2 aromatic carbocycles. The molecule has 0 heterocycles. The van der Waals surface area contributed by atoms with Gasteiger partial charge in [-0.05, 0) is 24.8 Å². The fourth-order valence-corrected chi connectivity index (χ4v) is 3.59. The Kier molecular flexibility index (Phi) is 4.19. The molecule has 2 aromatic rings. The van der Waals surface area contributed by atoms with Crippen molar-refractivity contribution >= 4 is 5.78 Å². The van der Waals surface area contributed by atoms with E-state index in [2.05, 4.69) is 24.3 Å². The van der Waals surface area contributed by atoms with Crippen LogP contribution in [0.1, 0.15) is 48.0 Å². The van der Waals surface area contributed by atoms with Crippen LogP contribution in [-0.4, -0.2) is 5.78 Å². The second-order valence-electron chi connectivity index (χ2n) is 6.20. The minimum absolute atomic E-state index is 0.193. The molecule has 0 saturated heterocycles. The molecule has 0 bridgehead atoms. The van der Waals surface area contributed by atoms with Crippen LogP contribution in [0.25, 0.3) is 0 Å². The zero-order chi connectivity index (χ0) is 14.5. The predicted octanol–water partition coefficient (Wildman–Crippen LogP) is 5.06. The number of Topliss-reactive ketones (excluding diaryl/α,β-unsaturated/α-hetero) is 1. The fraction of sp³-hybridized carbons (Fsp3) is 0.350. The third-order valence-corrected chi connectivity index (χ3v) is 4.71. The van der Waals surface area contributed by atoms with Crippen LogP contribution in [0.5, 0.6) is 0 Å². The highest BCUT2D eigenvalue weighted by atomic mass is 16.1. The standard InChI is InChI=1S/C20H22O/c21-19(18-12-6-2-7-13-18)20(14-8-3-9-15-20)16-17-10-4-1-5-11-17/h1-2,4-7,10-13H,3,8-9,14-16H2. The molecule has 1 aliphatic carbocycles. The third-order valence-electron chi connectivity index (χ3n) is 4.71. The lowest BCUT2D eigenvalue weighted by Crippen LogP contribution is -2.35. The lowest BCUT2D eigenvalue weighted by Gasteiger charge is -2.36. The number of carbonyl (C=O) groups is 1. The van der Waals surface area contributed by atoms with Crippen molar-refractivity contribution in [2.45, 2.75) is 38.5 Å². The first kappa shape index (κ1) is 14.1. The van der Waals surface area contributed by atoms with E-state index in [0.717, 1.165) is 24.8 Å². The lowest BCUT2D eigenvalue weighted by molar-refractivity contribution is 0.0711. The molecule has 1 aliphatic rings. The molecule has 0 amide bonds. The van der Waals surface area contributed by atoms with Crippen molar-refractivity contribution in [3.05, 3.63) is 71.8 Å². The van der Waals surface area contributed by atoms with Gasteiger partial charge >= 0.3 is 0 Å². The second kappa shape index (κ2) is 6.26. The van der Waals surface area contributed by atoms with Crippen molar-refractivity contribution in [3.8, 4) is 0 Å². The minimum Gasteiger partial charge on any atom is -0.294 e. The molecule has 108 valence electrons. The van der Waals surface area contributed by atoms with Crippen molar-refractivity contribution in [2.75, 3.05) is 0 Å². The van der Waals surface area contributed by atoms with E-state index in [9.17, 15) is 4.79 Å². The highest BCUT2D eigenvalue weighted by Gasteiger charge is 2.39. The summed E-state index contributed by atoms with van der Waals surface area (Å²) in [5, 5.41) is 0. The van der Waals surface area contributed by atoms with Gasteiger partial charge in [0.1, 0.15) is 0 Å². The van der Waals surface area contributed by atoms with Gasteiger partial charge in [0, 0.05) is 11.0 Å². The molecular weight excluding hydrogens is 256 g/mol. The van der Waals surface area contributed by atoms with Crippen LogP contribution in [0.15, 0.2) is 60.7 Å². The van der Waals surface area contributed by atoms with Gasteiger partial charge in [-0.2, -0.15) is 0 Å². The monoisotopic (exact) mass is 278 g/mol. The van der Waals surface area contributed by atoms with Gasteiger partial charge in [-0.3, -0.25) is 4.79 Å². The van der Waals surface area contributed by atoms with Crippen LogP contribution >= 0.6 is 0 Å². The summed E-state index contributed by atoms with van der Waals surface area (Å²) in [7, 11) is 0. The molecule has 0 radical (unpaired) electrons. The Morgan fingerprint density at radius 3 is 2.00 bits per heavy atom. The topological polar surface area (TPSA) is 17.1 Å². The van der Waals surface area contributed by atoms with Crippen LogP contribution in [0.3, 0.4) is 0 Å². The van der Waals surface area contributed by atoms with E-state index in [4.69, 9.17) is 0 Å². The van der Waals surface area contributed by atoms with Crippen LogP contribution in [-0.2, 0) is 6.42 Å². The Balaban J connectivity index is 1.91. The molecule has 1 nitrogen and oxygen atoms in total. The molecule has 0 aromatic heterocycles. The van der Waals surface area contributed by atoms with Crippen LogP contribution in [0, 0.1) is 5.41 Å². The zero-order valence-electron chi connectivity index (χ0n) is 12.4. The Labute approximate surface area is 127 Å². The largest absolute Gasteiger partial charge is 0.294 e. The van der Waals surface area contributed by atoms with E-state index in [1.54, 1.807) is 0 Å². The first-order chi connectivity index (χ1) is 10.3. The quantitative estimate of drug-likeness (QED) is 0.714. The SMILES string of the molecule is O=C(c1ccccc1)C1(Cc2ccccc2)CCCCC1. The summed E-state index contributed by atoms with van der Waals surface area (Å²) in [5.41, 5.74) is 1.96. The van der Waals surface area contributed by atoms with Gasteiger partial charge in [-0.15, -0.1) is 0 Å². The molecule has 1 fully saturated rings. The van der Waals surface area contributed by atoms with Gasteiger partial charge in [0.25, 0.3) is 0 Å². The average molecular weight is 278 g/mol. The van der Waals surface area contributed by atoms with Gasteiger partial charge in [0.2, 0.25) is 0 Å². The Bertz CT molecular complexity index is 580. The third kappa shape index (κ3) is 3.07. The normalized spacial score (nSPS) is 17.3. The van der Waals surface area contributed by atoms with Crippen molar-refractivity contribution in [2.24, 2.45) is 5.41 Å². The predicted molar refractivity (Wildman–Crippen MR) is 86.4 cm³/mol. The van der Waals surface area contributed by atoms with Crippen molar-refractivity contribution in [3.63, 3.8) is 0 Å². The van der Waals surface area contributed by atoms with E-state index in [-0.39, 0.29) is 5.41 Å². The highest BCUT2D eigenvalue weighted by Crippen LogP contribution is 2.41. The summed E-state index contributed by atoms with van der Waals surface area (Å²) in [6.07, 6.45) is 6.53. The summed E-state index contributed by atoms with van der Waals surface area (Å²) in [5.74, 6) is 0.339. The van der Waals surface area contributed by atoms with Gasteiger partial charge in [0.15, 0.2) is 5.78 Å². The van der Waals surface area contributed by atoms with Crippen molar-refractivity contribution in [1.82, 2.24) is 0 Å².